The third-order valence-corrected chi connectivity index (χ3v) is 5.12. The summed E-state index contributed by atoms with van der Waals surface area (Å²) in [6, 6.07) is 8.08. The van der Waals surface area contributed by atoms with E-state index in [0.717, 1.165) is 17.0 Å². The Bertz CT molecular complexity index is 903. The van der Waals surface area contributed by atoms with Crippen LogP contribution in [0.3, 0.4) is 0 Å². The van der Waals surface area contributed by atoms with Crippen LogP contribution in [0.5, 0.6) is 0 Å². The van der Waals surface area contributed by atoms with Crippen molar-refractivity contribution in [1.29, 1.82) is 0 Å². The molecule has 2 aromatic heterocycles. The SMILES string of the molecule is CCc1nn2c(=O)cc(CN(C)C(C)c3ccc(F)cc3)nc2s1. The Morgan fingerprint density at radius 1 is 1.33 bits per heavy atom. The van der Waals surface area contributed by atoms with Crippen LogP contribution in [0.2, 0.25) is 0 Å². The number of benzene rings is 1. The smallest absolute Gasteiger partial charge is 0.275 e. The summed E-state index contributed by atoms with van der Waals surface area (Å²) in [6.45, 7) is 4.58. The minimum absolute atomic E-state index is 0.0820. The zero-order valence-electron chi connectivity index (χ0n) is 13.9. The molecular formula is C17H19FN4OS. The van der Waals surface area contributed by atoms with Crippen molar-refractivity contribution in [3.8, 4) is 0 Å². The highest BCUT2D eigenvalue weighted by Crippen LogP contribution is 2.21. The number of rotatable bonds is 5. The van der Waals surface area contributed by atoms with Gasteiger partial charge in [-0.3, -0.25) is 9.69 Å². The minimum atomic E-state index is -0.245. The summed E-state index contributed by atoms with van der Waals surface area (Å²) < 4.78 is 14.4. The van der Waals surface area contributed by atoms with Crippen LogP contribution < -0.4 is 5.56 Å². The van der Waals surface area contributed by atoms with E-state index >= 15 is 0 Å². The second kappa shape index (κ2) is 6.78. The zero-order valence-corrected chi connectivity index (χ0v) is 14.7. The van der Waals surface area contributed by atoms with Gasteiger partial charge in [0, 0.05) is 18.7 Å². The molecule has 3 aromatic rings. The lowest BCUT2D eigenvalue weighted by Gasteiger charge is -2.24. The Balaban J connectivity index is 1.83. The Hall–Kier alpha value is -2.12. The van der Waals surface area contributed by atoms with Crippen LogP contribution in [-0.2, 0) is 13.0 Å². The van der Waals surface area contributed by atoms with Crippen molar-refractivity contribution in [3.05, 3.63) is 62.8 Å². The minimum Gasteiger partial charge on any atom is -0.294 e. The second-order valence-electron chi connectivity index (χ2n) is 5.77. The summed E-state index contributed by atoms with van der Waals surface area (Å²) >= 11 is 1.44. The highest BCUT2D eigenvalue weighted by Gasteiger charge is 2.15. The van der Waals surface area contributed by atoms with Gasteiger partial charge in [-0.05, 0) is 38.1 Å². The van der Waals surface area contributed by atoms with Crippen molar-refractivity contribution in [3.63, 3.8) is 0 Å². The normalized spacial score (nSPS) is 12.9. The fourth-order valence-electron chi connectivity index (χ4n) is 2.51. The Labute approximate surface area is 143 Å². The summed E-state index contributed by atoms with van der Waals surface area (Å²) in [6.07, 6.45) is 0.782. The van der Waals surface area contributed by atoms with Gasteiger partial charge in [0.05, 0.1) is 5.69 Å². The summed E-state index contributed by atoms with van der Waals surface area (Å²) in [5, 5.41) is 5.15. The quantitative estimate of drug-likeness (QED) is 0.712. The topological polar surface area (TPSA) is 50.5 Å². The van der Waals surface area contributed by atoms with Crippen molar-refractivity contribution < 1.29 is 4.39 Å². The first-order valence-electron chi connectivity index (χ1n) is 7.82. The number of nitrogens with zero attached hydrogens (tertiary/aromatic N) is 4. The number of aryl methyl sites for hydroxylation is 1. The summed E-state index contributed by atoms with van der Waals surface area (Å²) in [7, 11) is 1.96. The monoisotopic (exact) mass is 346 g/mol. The molecule has 5 nitrogen and oxygen atoms in total. The molecule has 0 N–H and O–H groups in total. The van der Waals surface area contributed by atoms with E-state index in [0.29, 0.717) is 17.2 Å². The van der Waals surface area contributed by atoms with Gasteiger partial charge in [-0.25, -0.2) is 9.37 Å². The van der Waals surface area contributed by atoms with Gasteiger partial charge in [0.25, 0.3) is 5.56 Å². The van der Waals surface area contributed by atoms with Gasteiger partial charge in [-0.1, -0.05) is 30.4 Å². The standard InChI is InChI=1S/C17H19FN4OS/c1-4-15-20-22-16(23)9-14(19-17(22)24-15)10-21(3)11(2)12-5-7-13(18)8-6-12/h5-9,11H,4,10H2,1-3H3. The first kappa shape index (κ1) is 16.7. The summed E-state index contributed by atoms with van der Waals surface area (Å²) in [5.74, 6) is -0.245. The van der Waals surface area contributed by atoms with E-state index < -0.39 is 0 Å². The first-order valence-corrected chi connectivity index (χ1v) is 8.64. The number of hydrogen-bond donors (Lipinski definition) is 0. The van der Waals surface area contributed by atoms with E-state index in [2.05, 4.69) is 15.0 Å². The Morgan fingerprint density at radius 2 is 2.04 bits per heavy atom. The van der Waals surface area contributed by atoms with Crippen LogP contribution in [-0.4, -0.2) is 26.5 Å². The summed E-state index contributed by atoms with van der Waals surface area (Å²) in [5.41, 5.74) is 1.57. The molecule has 1 aromatic carbocycles. The van der Waals surface area contributed by atoms with E-state index in [9.17, 15) is 9.18 Å². The highest BCUT2D eigenvalue weighted by atomic mass is 32.1. The number of aromatic nitrogens is 3. The number of fused-ring (bicyclic) bond motifs is 1. The van der Waals surface area contributed by atoms with Crippen LogP contribution in [0.1, 0.15) is 36.2 Å². The first-order chi connectivity index (χ1) is 11.5. The molecule has 0 spiro atoms. The zero-order chi connectivity index (χ0) is 17.3. The van der Waals surface area contributed by atoms with Crippen LogP contribution in [0.25, 0.3) is 4.96 Å². The Morgan fingerprint density at radius 3 is 2.71 bits per heavy atom. The van der Waals surface area contributed by atoms with Crippen LogP contribution >= 0.6 is 11.3 Å². The molecule has 24 heavy (non-hydrogen) atoms. The molecular weight excluding hydrogens is 327 g/mol. The van der Waals surface area contributed by atoms with Crippen molar-refractivity contribution >= 4 is 16.3 Å². The molecule has 3 rings (SSSR count). The van der Waals surface area contributed by atoms with Crippen LogP contribution in [0.15, 0.2) is 35.1 Å². The molecule has 0 bridgehead atoms. The summed E-state index contributed by atoms with van der Waals surface area (Å²) in [4.78, 5) is 19.4. The molecule has 0 aliphatic carbocycles. The van der Waals surface area contributed by atoms with E-state index in [1.165, 1.54) is 34.1 Å². The largest absolute Gasteiger partial charge is 0.294 e. The maximum atomic E-state index is 13.1. The van der Waals surface area contributed by atoms with Crippen molar-refractivity contribution in [2.24, 2.45) is 0 Å². The van der Waals surface area contributed by atoms with E-state index in [-0.39, 0.29) is 17.4 Å². The van der Waals surface area contributed by atoms with Crippen LogP contribution in [0.4, 0.5) is 4.39 Å². The lowest BCUT2D eigenvalue weighted by atomic mass is 10.1. The molecule has 126 valence electrons. The molecule has 0 fully saturated rings. The lowest BCUT2D eigenvalue weighted by molar-refractivity contribution is 0.250. The van der Waals surface area contributed by atoms with Gasteiger partial charge >= 0.3 is 0 Å². The molecule has 1 unspecified atom stereocenters. The maximum absolute atomic E-state index is 13.1. The average Bonchev–Trinajstić information content (AvgIpc) is 2.98. The molecule has 0 saturated carbocycles. The van der Waals surface area contributed by atoms with E-state index in [1.807, 2.05) is 20.9 Å². The highest BCUT2D eigenvalue weighted by molar-refractivity contribution is 7.16. The lowest BCUT2D eigenvalue weighted by Crippen LogP contribution is -2.24. The molecule has 0 radical (unpaired) electrons. The van der Waals surface area contributed by atoms with Crippen molar-refractivity contribution in [1.82, 2.24) is 19.5 Å². The molecule has 2 heterocycles. The van der Waals surface area contributed by atoms with E-state index in [4.69, 9.17) is 0 Å². The maximum Gasteiger partial charge on any atom is 0.275 e. The van der Waals surface area contributed by atoms with Crippen molar-refractivity contribution in [2.75, 3.05) is 7.05 Å². The fourth-order valence-corrected chi connectivity index (χ4v) is 3.37. The van der Waals surface area contributed by atoms with Crippen LogP contribution in [0, 0.1) is 5.82 Å². The molecule has 7 heteroatoms. The molecule has 0 aliphatic heterocycles. The van der Waals surface area contributed by atoms with Gasteiger partial charge in [0.15, 0.2) is 0 Å². The third kappa shape index (κ3) is 3.37. The van der Waals surface area contributed by atoms with Gasteiger partial charge in [-0.2, -0.15) is 9.61 Å². The predicted octanol–water partition coefficient (Wildman–Crippen LogP) is 3.05. The molecule has 0 aliphatic rings. The number of halogens is 1. The van der Waals surface area contributed by atoms with Gasteiger partial charge in [0.2, 0.25) is 4.96 Å². The average molecular weight is 346 g/mol. The second-order valence-corrected chi connectivity index (χ2v) is 6.81. The van der Waals surface area contributed by atoms with E-state index in [1.54, 1.807) is 12.1 Å². The van der Waals surface area contributed by atoms with Gasteiger partial charge in [0.1, 0.15) is 10.8 Å². The third-order valence-electron chi connectivity index (χ3n) is 4.07. The fraction of sp³-hybridized carbons (Fsp3) is 0.353. The molecule has 0 saturated heterocycles. The molecule has 0 amide bonds. The number of hydrogen-bond acceptors (Lipinski definition) is 5. The molecule has 1 atom stereocenters. The van der Waals surface area contributed by atoms with Crippen molar-refractivity contribution in [2.45, 2.75) is 32.9 Å². The van der Waals surface area contributed by atoms with Gasteiger partial charge in [-0.15, -0.1) is 0 Å². The Kier molecular flexibility index (Phi) is 4.73. The van der Waals surface area contributed by atoms with Gasteiger partial charge < -0.3 is 0 Å². The predicted molar refractivity (Wildman–Crippen MR) is 92.8 cm³/mol.